The Balaban J connectivity index is 2.05. The Hall–Kier alpha value is -3.16. The monoisotopic (exact) mass is 275 g/mol. The average Bonchev–Trinajstić information content (AvgIpc) is 2.85. The van der Waals surface area contributed by atoms with Crippen molar-refractivity contribution in [1.82, 2.24) is 0 Å². The summed E-state index contributed by atoms with van der Waals surface area (Å²) >= 11 is 0. The Morgan fingerprint density at radius 2 is 1.90 bits per heavy atom. The molecule has 0 aliphatic heterocycles. The van der Waals surface area contributed by atoms with Gasteiger partial charge in [0.05, 0.1) is 18.5 Å². The van der Waals surface area contributed by atoms with Crippen LogP contribution in [0.25, 0.3) is 0 Å². The first-order chi connectivity index (χ1) is 9.56. The summed E-state index contributed by atoms with van der Waals surface area (Å²) in [5.41, 5.74) is 0.366. The maximum absolute atomic E-state index is 10.4. The van der Waals surface area contributed by atoms with E-state index in [1.54, 1.807) is 0 Å². The SMILES string of the molecule is O=[N+]([O-])c1ccc(/C=N/N=C/c2ccc(O)cc2O)o1. The van der Waals surface area contributed by atoms with E-state index in [0.29, 0.717) is 5.56 Å². The smallest absolute Gasteiger partial charge is 0.433 e. The highest BCUT2D eigenvalue weighted by Gasteiger charge is 2.09. The van der Waals surface area contributed by atoms with E-state index in [1.807, 2.05) is 0 Å². The Morgan fingerprint density at radius 1 is 1.15 bits per heavy atom. The van der Waals surface area contributed by atoms with Gasteiger partial charge in [0.1, 0.15) is 16.4 Å². The number of phenols is 2. The summed E-state index contributed by atoms with van der Waals surface area (Å²) in [6, 6.07) is 6.61. The first-order valence-corrected chi connectivity index (χ1v) is 5.39. The fourth-order valence-electron chi connectivity index (χ4n) is 1.34. The second-order valence-corrected chi connectivity index (χ2v) is 3.67. The number of hydrogen-bond acceptors (Lipinski definition) is 7. The number of phenolic OH excluding ortho intramolecular Hbond substituents is 2. The molecule has 1 aromatic heterocycles. The summed E-state index contributed by atoms with van der Waals surface area (Å²) in [4.78, 5) is 9.73. The van der Waals surface area contributed by atoms with Crippen LogP contribution in [0.5, 0.6) is 11.5 Å². The van der Waals surface area contributed by atoms with E-state index in [0.717, 1.165) is 0 Å². The molecule has 102 valence electrons. The van der Waals surface area contributed by atoms with Crippen LogP contribution in [0.1, 0.15) is 11.3 Å². The van der Waals surface area contributed by atoms with Crippen LogP contribution in [0, 0.1) is 10.1 Å². The van der Waals surface area contributed by atoms with Crippen molar-refractivity contribution in [1.29, 1.82) is 0 Å². The van der Waals surface area contributed by atoms with Crippen LogP contribution < -0.4 is 0 Å². The minimum atomic E-state index is -0.658. The molecule has 2 aromatic rings. The van der Waals surface area contributed by atoms with E-state index in [4.69, 9.17) is 9.52 Å². The van der Waals surface area contributed by atoms with Crippen LogP contribution in [0.3, 0.4) is 0 Å². The predicted octanol–water partition coefficient (Wildman–Crippen LogP) is 2.05. The third-order valence-electron chi connectivity index (χ3n) is 2.26. The number of benzene rings is 1. The minimum absolute atomic E-state index is 0.0638. The average molecular weight is 275 g/mol. The standard InChI is InChI=1S/C12H9N3O5/c16-9-2-1-8(11(17)5-9)6-13-14-7-10-3-4-12(20-10)15(18)19/h1-7,16-17H/b13-6+,14-7+. The molecule has 0 unspecified atom stereocenters. The van der Waals surface area contributed by atoms with Crippen molar-refractivity contribution >= 4 is 18.3 Å². The molecule has 0 saturated carbocycles. The molecular weight excluding hydrogens is 266 g/mol. The summed E-state index contributed by atoms with van der Waals surface area (Å²) in [7, 11) is 0. The van der Waals surface area contributed by atoms with Gasteiger partial charge in [-0.1, -0.05) is 0 Å². The van der Waals surface area contributed by atoms with E-state index >= 15 is 0 Å². The molecule has 0 spiro atoms. The van der Waals surface area contributed by atoms with Gasteiger partial charge in [0.15, 0.2) is 5.76 Å². The van der Waals surface area contributed by atoms with Crippen molar-refractivity contribution in [3.05, 3.63) is 51.8 Å². The summed E-state index contributed by atoms with van der Waals surface area (Å²) in [6.45, 7) is 0. The van der Waals surface area contributed by atoms with Crippen LogP contribution in [-0.2, 0) is 0 Å². The van der Waals surface area contributed by atoms with E-state index in [1.165, 1.54) is 42.8 Å². The molecule has 0 amide bonds. The van der Waals surface area contributed by atoms with Crippen molar-refractivity contribution in [3.8, 4) is 11.5 Å². The molecular formula is C12H9N3O5. The van der Waals surface area contributed by atoms with E-state index in [-0.39, 0.29) is 23.1 Å². The lowest BCUT2D eigenvalue weighted by molar-refractivity contribution is -0.402. The quantitative estimate of drug-likeness (QED) is 0.502. The lowest BCUT2D eigenvalue weighted by atomic mass is 10.2. The third-order valence-corrected chi connectivity index (χ3v) is 2.26. The lowest BCUT2D eigenvalue weighted by Gasteiger charge is -1.97. The second kappa shape index (κ2) is 5.65. The molecule has 0 saturated heterocycles. The fraction of sp³-hybridized carbons (Fsp3) is 0. The molecule has 8 nitrogen and oxygen atoms in total. The lowest BCUT2D eigenvalue weighted by Crippen LogP contribution is -1.83. The minimum Gasteiger partial charge on any atom is -0.508 e. The number of hydrogen-bond donors (Lipinski definition) is 2. The zero-order valence-corrected chi connectivity index (χ0v) is 10.0. The van der Waals surface area contributed by atoms with Crippen LogP contribution in [0.2, 0.25) is 0 Å². The van der Waals surface area contributed by atoms with Gasteiger partial charge in [0, 0.05) is 11.6 Å². The van der Waals surface area contributed by atoms with Crippen LogP contribution in [0.4, 0.5) is 5.88 Å². The zero-order valence-electron chi connectivity index (χ0n) is 10.0. The number of nitro groups is 1. The molecule has 2 N–H and O–H groups in total. The summed E-state index contributed by atoms with van der Waals surface area (Å²) < 4.78 is 4.83. The summed E-state index contributed by atoms with van der Waals surface area (Å²) in [5, 5.41) is 36.2. The second-order valence-electron chi connectivity index (χ2n) is 3.67. The molecule has 0 atom stereocenters. The molecule has 20 heavy (non-hydrogen) atoms. The summed E-state index contributed by atoms with van der Waals surface area (Å²) in [5.74, 6) is -0.404. The van der Waals surface area contributed by atoms with Gasteiger partial charge in [0.2, 0.25) is 0 Å². The van der Waals surface area contributed by atoms with Gasteiger partial charge >= 0.3 is 5.88 Å². The van der Waals surface area contributed by atoms with Gasteiger partial charge in [-0.15, -0.1) is 0 Å². The Labute approximate surface area is 112 Å². The molecule has 0 aliphatic carbocycles. The van der Waals surface area contributed by atoms with Crippen LogP contribution in [0.15, 0.2) is 45.0 Å². The van der Waals surface area contributed by atoms with E-state index < -0.39 is 4.92 Å². The molecule has 0 radical (unpaired) electrons. The Morgan fingerprint density at radius 3 is 2.55 bits per heavy atom. The van der Waals surface area contributed by atoms with Gasteiger partial charge in [-0.2, -0.15) is 10.2 Å². The molecule has 0 fully saturated rings. The maximum Gasteiger partial charge on any atom is 0.433 e. The Kier molecular flexibility index (Phi) is 3.75. The van der Waals surface area contributed by atoms with Gasteiger partial charge in [0.25, 0.3) is 0 Å². The van der Waals surface area contributed by atoms with E-state index in [2.05, 4.69) is 10.2 Å². The molecule has 8 heteroatoms. The Bertz CT molecular complexity index is 690. The van der Waals surface area contributed by atoms with Gasteiger partial charge in [-0.05, 0) is 18.2 Å². The zero-order chi connectivity index (χ0) is 14.5. The van der Waals surface area contributed by atoms with Gasteiger partial charge < -0.3 is 14.6 Å². The third kappa shape index (κ3) is 3.19. The van der Waals surface area contributed by atoms with Crippen molar-refractivity contribution in [3.63, 3.8) is 0 Å². The van der Waals surface area contributed by atoms with Gasteiger partial charge in [-0.3, -0.25) is 10.1 Å². The molecule has 0 aliphatic rings. The number of nitrogens with zero attached hydrogens (tertiary/aromatic N) is 3. The number of furan rings is 1. The number of rotatable bonds is 4. The highest BCUT2D eigenvalue weighted by Crippen LogP contribution is 2.20. The molecule has 0 bridgehead atoms. The number of aromatic hydroxyl groups is 2. The molecule has 1 heterocycles. The van der Waals surface area contributed by atoms with Crippen molar-refractivity contribution in [2.45, 2.75) is 0 Å². The van der Waals surface area contributed by atoms with Gasteiger partial charge in [-0.25, -0.2) is 0 Å². The fourth-order valence-corrected chi connectivity index (χ4v) is 1.34. The first-order valence-electron chi connectivity index (χ1n) is 5.39. The normalized spacial score (nSPS) is 11.4. The van der Waals surface area contributed by atoms with Crippen molar-refractivity contribution in [2.75, 3.05) is 0 Å². The maximum atomic E-state index is 10.4. The van der Waals surface area contributed by atoms with E-state index in [9.17, 15) is 15.2 Å². The van der Waals surface area contributed by atoms with Crippen molar-refractivity contribution in [2.24, 2.45) is 10.2 Å². The molecule has 1 aromatic carbocycles. The van der Waals surface area contributed by atoms with Crippen LogP contribution in [-0.4, -0.2) is 27.6 Å². The highest BCUT2D eigenvalue weighted by molar-refractivity contribution is 5.84. The summed E-state index contributed by atoms with van der Waals surface area (Å²) in [6.07, 6.45) is 2.46. The predicted molar refractivity (Wildman–Crippen MR) is 70.3 cm³/mol. The first kappa shape index (κ1) is 13.3. The van der Waals surface area contributed by atoms with Crippen molar-refractivity contribution < 1.29 is 19.6 Å². The topological polar surface area (TPSA) is 121 Å². The highest BCUT2D eigenvalue weighted by atomic mass is 16.6. The van der Waals surface area contributed by atoms with Crippen LogP contribution >= 0.6 is 0 Å². The molecule has 2 rings (SSSR count). The largest absolute Gasteiger partial charge is 0.508 e.